The zero-order chi connectivity index (χ0) is 28.0. The molecular weight excluding hydrogens is 523 g/mol. The van der Waals surface area contributed by atoms with Crippen LogP contribution in [0.4, 0.5) is 19.0 Å². The molecule has 3 aromatic rings. The first-order chi connectivity index (χ1) is 18.6. The van der Waals surface area contributed by atoms with Crippen molar-refractivity contribution in [3.05, 3.63) is 59.1 Å². The summed E-state index contributed by atoms with van der Waals surface area (Å²) in [4.78, 5) is 26.3. The lowest BCUT2D eigenvalue weighted by Crippen LogP contribution is -2.36. The van der Waals surface area contributed by atoms with Crippen molar-refractivity contribution in [3.63, 3.8) is 0 Å². The summed E-state index contributed by atoms with van der Waals surface area (Å²) in [6.45, 7) is -0.419. The summed E-state index contributed by atoms with van der Waals surface area (Å²) in [6.07, 6.45) is 0.923. The number of rotatable bonds is 11. The third-order valence-electron chi connectivity index (χ3n) is 6.23. The van der Waals surface area contributed by atoms with E-state index < -0.39 is 42.3 Å². The number of carbonyl (C=O) groups excluding carboxylic acids is 1. The van der Waals surface area contributed by atoms with E-state index in [4.69, 9.17) is 9.84 Å². The van der Waals surface area contributed by atoms with E-state index >= 15 is 0 Å². The Morgan fingerprint density at radius 1 is 1.18 bits per heavy atom. The Morgan fingerprint density at radius 3 is 2.56 bits per heavy atom. The van der Waals surface area contributed by atoms with Gasteiger partial charge in [0.05, 0.1) is 25.5 Å². The van der Waals surface area contributed by atoms with Gasteiger partial charge in [-0.2, -0.15) is 10.2 Å². The van der Waals surface area contributed by atoms with E-state index in [0.717, 1.165) is 48.7 Å². The van der Waals surface area contributed by atoms with Crippen LogP contribution in [0.3, 0.4) is 0 Å². The number of para-hydroxylation sites is 2. The van der Waals surface area contributed by atoms with Crippen LogP contribution in [0.1, 0.15) is 38.1 Å². The number of anilines is 1. The van der Waals surface area contributed by atoms with Gasteiger partial charge < -0.3 is 25.0 Å². The van der Waals surface area contributed by atoms with Gasteiger partial charge >= 0.3 is 6.36 Å². The summed E-state index contributed by atoms with van der Waals surface area (Å²) in [6, 6.07) is 6.69. The topological polar surface area (TPSA) is 141 Å². The number of aromatic nitrogens is 4. The minimum absolute atomic E-state index is 0.0253. The average molecular weight is 552 g/mol. The normalized spacial score (nSPS) is 15.6. The molecule has 1 saturated carbocycles. The molecule has 1 aromatic carbocycles. The van der Waals surface area contributed by atoms with Crippen molar-refractivity contribution >= 4 is 11.7 Å². The average Bonchev–Trinajstić information content (AvgIpc) is 3.55. The van der Waals surface area contributed by atoms with Crippen LogP contribution in [0.2, 0.25) is 0 Å². The quantitative estimate of drug-likeness (QED) is 0.330. The Bertz CT molecular complexity index is 1320. The van der Waals surface area contributed by atoms with E-state index in [1.54, 1.807) is 0 Å². The number of halogens is 3. The molecule has 39 heavy (non-hydrogen) atoms. The van der Waals surface area contributed by atoms with Crippen LogP contribution in [-0.2, 0) is 11.3 Å². The second-order valence-electron chi connectivity index (χ2n) is 9.22. The van der Waals surface area contributed by atoms with Crippen LogP contribution in [0, 0.1) is 5.92 Å². The summed E-state index contributed by atoms with van der Waals surface area (Å²) in [7, 11) is 0. The molecule has 1 unspecified atom stereocenters. The predicted molar refractivity (Wildman–Crippen MR) is 131 cm³/mol. The maximum Gasteiger partial charge on any atom is 0.573 e. The highest BCUT2D eigenvalue weighted by Gasteiger charge is 2.33. The van der Waals surface area contributed by atoms with E-state index in [1.807, 2.05) is 0 Å². The van der Waals surface area contributed by atoms with Crippen LogP contribution in [-0.4, -0.2) is 54.8 Å². The first-order valence-corrected chi connectivity index (χ1v) is 12.4. The van der Waals surface area contributed by atoms with E-state index in [1.165, 1.54) is 35.1 Å². The number of aliphatic hydroxyl groups is 2. The van der Waals surface area contributed by atoms with Crippen LogP contribution in [0.5, 0.6) is 17.2 Å². The van der Waals surface area contributed by atoms with Crippen molar-refractivity contribution in [2.24, 2.45) is 5.92 Å². The van der Waals surface area contributed by atoms with E-state index in [0.29, 0.717) is 6.42 Å². The molecule has 2 heterocycles. The molecule has 2 aromatic heterocycles. The minimum atomic E-state index is -4.93. The molecule has 4 rings (SSSR count). The molecular formula is C25H28F3N5O6. The Hall–Kier alpha value is -3.91. The number of alkyl halides is 3. The third-order valence-corrected chi connectivity index (χ3v) is 6.23. The summed E-state index contributed by atoms with van der Waals surface area (Å²) in [5, 5.41) is 29.5. The number of aliphatic hydroxyl groups excluding tert-OH is 2. The Morgan fingerprint density at radius 2 is 1.90 bits per heavy atom. The Balaban J connectivity index is 1.54. The number of benzene rings is 1. The molecule has 0 spiro atoms. The van der Waals surface area contributed by atoms with Gasteiger partial charge in [-0.15, -0.1) is 13.2 Å². The van der Waals surface area contributed by atoms with Crippen molar-refractivity contribution in [1.82, 2.24) is 19.6 Å². The zero-order valence-electron chi connectivity index (χ0n) is 20.8. The first kappa shape index (κ1) is 28.1. The van der Waals surface area contributed by atoms with Gasteiger partial charge in [-0.1, -0.05) is 37.8 Å². The van der Waals surface area contributed by atoms with Crippen LogP contribution >= 0.6 is 0 Å². The molecule has 3 N–H and O–H groups in total. The maximum atomic E-state index is 13.3. The van der Waals surface area contributed by atoms with Crippen molar-refractivity contribution in [3.8, 4) is 17.2 Å². The molecule has 210 valence electrons. The summed E-state index contributed by atoms with van der Waals surface area (Å²) in [5.74, 6) is -1.11. The molecule has 0 saturated heterocycles. The van der Waals surface area contributed by atoms with Crippen molar-refractivity contribution in [1.29, 1.82) is 0 Å². The Kier molecular flexibility index (Phi) is 8.86. The molecule has 0 bridgehead atoms. The highest BCUT2D eigenvalue weighted by atomic mass is 19.4. The van der Waals surface area contributed by atoms with Crippen LogP contribution in [0.15, 0.2) is 53.6 Å². The van der Waals surface area contributed by atoms with E-state index in [9.17, 15) is 27.9 Å². The number of ether oxygens (including phenoxy) is 2. The lowest BCUT2D eigenvalue weighted by Gasteiger charge is -2.21. The zero-order valence-corrected chi connectivity index (χ0v) is 20.8. The number of carbonyl (C=O) groups is 1. The fourth-order valence-corrected chi connectivity index (χ4v) is 4.45. The number of hydrogen-bond acceptors (Lipinski definition) is 8. The molecule has 0 aliphatic heterocycles. The van der Waals surface area contributed by atoms with Gasteiger partial charge in [-0.3, -0.25) is 14.3 Å². The summed E-state index contributed by atoms with van der Waals surface area (Å²) < 4.78 is 50.0. The lowest BCUT2D eigenvalue weighted by atomic mass is 9.98. The van der Waals surface area contributed by atoms with Crippen LogP contribution < -0.4 is 20.3 Å². The monoisotopic (exact) mass is 551 g/mol. The molecule has 1 aliphatic carbocycles. The van der Waals surface area contributed by atoms with Gasteiger partial charge in [0.25, 0.3) is 11.5 Å². The van der Waals surface area contributed by atoms with Gasteiger partial charge in [-0.25, -0.2) is 4.68 Å². The van der Waals surface area contributed by atoms with Gasteiger partial charge in [-0.05, 0) is 24.5 Å². The van der Waals surface area contributed by atoms with Gasteiger partial charge in [0.1, 0.15) is 6.04 Å². The minimum Gasteiger partial charge on any atom is -0.452 e. The molecule has 2 atom stereocenters. The molecule has 14 heteroatoms. The molecule has 11 nitrogen and oxygen atoms in total. The summed E-state index contributed by atoms with van der Waals surface area (Å²) >= 11 is 0. The fourth-order valence-electron chi connectivity index (χ4n) is 4.45. The molecule has 1 amide bonds. The Labute approximate surface area is 220 Å². The first-order valence-electron chi connectivity index (χ1n) is 12.4. The van der Waals surface area contributed by atoms with Gasteiger partial charge in [0, 0.05) is 18.3 Å². The largest absolute Gasteiger partial charge is 0.573 e. The highest BCUT2D eigenvalue weighted by molar-refractivity contribution is 5.92. The number of amides is 1. The predicted octanol–water partition coefficient (Wildman–Crippen LogP) is 3.24. The van der Waals surface area contributed by atoms with Crippen molar-refractivity contribution in [2.75, 3.05) is 11.9 Å². The summed E-state index contributed by atoms with van der Waals surface area (Å²) in [5.41, 5.74) is -0.684. The highest BCUT2D eigenvalue weighted by Crippen LogP contribution is 2.35. The van der Waals surface area contributed by atoms with E-state index in [2.05, 4.69) is 20.3 Å². The molecule has 0 radical (unpaired) electrons. The van der Waals surface area contributed by atoms with Crippen LogP contribution in [0.25, 0.3) is 0 Å². The fraction of sp³-hybridized carbons (Fsp3) is 0.440. The van der Waals surface area contributed by atoms with Crippen molar-refractivity contribution in [2.45, 2.75) is 57.2 Å². The standard InChI is InChI=1S/C25H28F3N5O6/c26-25(27,28)39-21-8-4-3-7-20(21)38-18-12-23(36)33(29-13-18)19(11-16-5-1-2-6-16)24(37)30-22-9-10-32(31-22)14-17(35)15-34/h3-4,7-10,12-13,16-17,19,34-35H,1-2,5-6,11,14-15H2,(H,30,31,37)/t17-,19?/m1/s1. The number of nitrogens with one attached hydrogen (secondary N) is 1. The number of hydrogen-bond donors (Lipinski definition) is 3. The lowest BCUT2D eigenvalue weighted by molar-refractivity contribution is -0.275. The molecule has 1 aliphatic rings. The second-order valence-corrected chi connectivity index (χ2v) is 9.22. The van der Waals surface area contributed by atoms with E-state index in [-0.39, 0.29) is 29.8 Å². The van der Waals surface area contributed by atoms with Gasteiger partial charge in [0.15, 0.2) is 23.1 Å². The number of nitrogens with zero attached hydrogens (tertiary/aromatic N) is 4. The third kappa shape index (κ3) is 7.80. The SMILES string of the molecule is O=C(Nc1ccn(C[C@@H](O)CO)n1)C(CC1CCCC1)n1ncc(Oc2ccccc2OC(F)(F)F)cc1=O. The van der Waals surface area contributed by atoms with Crippen molar-refractivity contribution < 1.29 is 37.7 Å². The molecule has 1 fully saturated rings. The van der Waals surface area contributed by atoms with Gasteiger partial charge in [0.2, 0.25) is 0 Å². The maximum absolute atomic E-state index is 13.3. The second kappa shape index (κ2) is 12.3. The smallest absolute Gasteiger partial charge is 0.452 e.